The molecule has 0 aliphatic rings. The summed E-state index contributed by atoms with van der Waals surface area (Å²) < 4.78 is 28.3. The number of aryl methyl sites for hydroxylation is 2. The Labute approximate surface area is 155 Å². The normalized spacial score (nSPS) is 11.7. The molecule has 1 aromatic heterocycles. The van der Waals surface area contributed by atoms with Crippen molar-refractivity contribution in [3.8, 4) is 0 Å². The quantitative estimate of drug-likeness (QED) is 0.677. The van der Waals surface area contributed by atoms with E-state index in [0.717, 1.165) is 18.8 Å². The largest absolute Gasteiger partial charge is 0.352 e. The van der Waals surface area contributed by atoms with Crippen molar-refractivity contribution < 1.29 is 13.2 Å². The minimum atomic E-state index is -3.50. The van der Waals surface area contributed by atoms with E-state index in [2.05, 4.69) is 10.3 Å². The fourth-order valence-electron chi connectivity index (χ4n) is 2.68. The first-order chi connectivity index (χ1) is 12.4. The first-order valence-electron chi connectivity index (χ1n) is 8.76. The van der Waals surface area contributed by atoms with Crippen LogP contribution in [-0.2, 0) is 16.6 Å². The highest BCUT2D eigenvalue weighted by molar-refractivity contribution is 7.89. The first kappa shape index (κ1) is 20.1. The SMILES string of the molecule is CCN(CC)S(=O)(=O)c1ccc(C(=O)NCCCn2ccnc2C)cc1. The van der Waals surface area contributed by atoms with E-state index in [1.165, 1.54) is 16.4 Å². The minimum absolute atomic E-state index is 0.202. The maximum Gasteiger partial charge on any atom is 0.251 e. The molecular formula is C18H26N4O3S. The number of nitrogens with one attached hydrogen (secondary N) is 1. The minimum Gasteiger partial charge on any atom is -0.352 e. The van der Waals surface area contributed by atoms with Crippen molar-refractivity contribution in [3.05, 3.63) is 48.0 Å². The van der Waals surface area contributed by atoms with Gasteiger partial charge in [-0.1, -0.05) is 13.8 Å². The molecule has 0 fully saturated rings. The van der Waals surface area contributed by atoms with Gasteiger partial charge in [-0.3, -0.25) is 4.79 Å². The van der Waals surface area contributed by atoms with Gasteiger partial charge in [0.25, 0.3) is 5.91 Å². The highest BCUT2D eigenvalue weighted by Crippen LogP contribution is 2.16. The molecule has 0 radical (unpaired) electrons. The molecule has 0 atom stereocenters. The number of sulfonamides is 1. The third kappa shape index (κ3) is 4.70. The third-order valence-electron chi connectivity index (χ3n) is 4.24. The maximum atomic E-state index is 12.4. The molecule has 1 amide bonds. The van der Waals surface area contributed by atoms with E-state index in [1.54, 1.807) is 32.2 Å². The fraction of sp³-hybridized carbons (Fsp3) is 0.444. The molecule has 8 heteroatoms. The molecule has 1 N–H and O–H groups in total. The van der Waals surface area contributed by atoms with Gasteiger partial charge in [0.2, 0.25) is 10.0 Å². The lowest BCUT2D eigenvalue weighted by Crippen LogP contribution is -2.30. The number of aromatic nitrogens is 2. The van der Waals surface area contributed by atoms with Crippen molar-refractivity contribution in [2.75, 3.05) is 19.6 Å². The molecule has 0 saturated heterocycles. The number of carbonyl (C=O) groups is 1. The van der Waals surface area contributed by atoms with Crippen molar-refractivity contribution in [2.45, 2.75) is 38.6 Å². The number of nitrogens with zero attached hydrogens (tertiary/aromatic N) is 3. The molecule has 1 heterocycles. The van der Waals surface area contributed by atoms with E-state index in [-0.39, 0.29) is 10.8 Å². The number of rotatable bonds is 9. The van der Waals surface area contributed by atoms with E-state index >= 15 is 0 Å². The summed E-state index contributed by atoms with van der Waals surface area (Å²) in [6.45, 7) is 7.69. The van der Waals surface area contributed by atoms with E-state index in [0.29, 0.717) is 25.2 Å². The van der Waals surface area contributed by atoms with Gasteiger partial charge < -0.3 is 9.88 Å². The molecule has 142 valence electrons. The Morgan fingerprint density at radius 2 is 1.85 bits per heavy atom. The fourth-order valence-corrected chi connectivity index (χ4v) is 4.14. The van der Waals surface area contributed by atoms with E-state index < -0.39 is 10.0 Å². The van der Waals surface area contributed by atoms with E-state index in [9.17, 15) is 13.2 Å². The molecule has 2 rings (SSSR count). The topological polar surface area (TPSA) is 84.3 Å². The van der Waals surface area contributed by atoms with Gasteiger partial charge in [0.1, 0.15) is 5.82 Å². The number of amides is 1. The Morgan fingerprint density at radius 3 is 2.38 bits per heavy atom. The molecular weight excluding hydrogens is 352 g/mol. The lowest BCUT2D eigenvalue weighted by Gasteiger charge is -2.18. The Bertz CT molecular complexity index is 824. The van der Waals surface area contributed by atoms with Crippen LogP contribution in [0.5, 0.6) is 0 Å². The Hall–Kier alpha value is -2.19. The van der Waals surface area contributed by atoms with Crippen molar-refractivity contribution in [1.82, 2.24) is 19.2 Å². The summed E-state index contributed by atoms with van der Waals surface area (Å²) in [6.07, 6.45) is 4.45. The number of carbonyl (C=O) groups excluding carboxylic acids is 1. The molecule has 0 saturated carbocycles. The highest BCUT2D eigenvalue weighted by atomic mass is 32.2. The summed E-state index contributed by atoms with van der Waals surface area (Å²) in [5.41, 5.74) is 0.447. The zero-order valence-corrected chi connectivity index (χ0v) is 16.3. The van der Waals surface area contributed by atoms with Crippen LogP contribution < -0.4 is 5.32 Å². The van der Waals surface area contributed by atoms with Gasteiger partial charge in [0.15, 0.2) is 0 Å². The lowest BCUT2D eigenvalue weighted by atomic mass is 10.2. The van der Waals surface area contributed by atoms with Gasteiger partial charge in [0, 0.05) is 44.1 Å². The standard InChI is InChI=1S/C18H26N4O3S/c1-4-22(5-2)26(24,25)17-9-7-16(8-10-17)18(23)20-11-6-13-21-14-12-19-15(21)3/h7-10,12,14H,4-6,11,13H2,1-3H3,(H,20,23). The molecule has 0 aliphatic heterocycles. The second-order valence-electron chi connectivity index (χ2n) is 5.89. The van der Waals surface area contributed by atoms with Crippen molar-refractivity contribution >= 4 is 15.9 Å². The van der Waals surface area contributed by atoms with Crippen LogP contribution in [0.15, 0.2) is 41.6 Å². The molecule has 26 heavy (non-hydrogen) atoms. The monoisotopic (exact) mass is 378 g/mol. The predicted octanol–water partition coefficient (Wildman–Crippen LogP) is 2.04. The Morgan fingerprint density at radius 1 is 1.19 bits per heavy atom. The third-order valence-corrected chi connectivity index (χ3v) is 6.31. The summed E-state index contributed by atoms with van der Waals surface area (Å²) in [6, 6.07) is 6.06. The van der Waals surface area contributed by atoms with Gasteiger partial charge in [-0.25, -0.2) is 13.4 Å². The molecule has 2 aromatic rings. The van der Waals surface area contributed by atoms with Crippen molar-refractivity contribution in [3.63, 3.8) is 0 Å². The second kappa shape index (κ2) is 8.95. The number of benzene rings is 1. The highest BCUT2D eigenvalue weighted by Gasteiger charge is 2.21. The second-order valence-corrected chi connectivity index (χ2v) is 7.83. The number of hydrogen-bond acceptors (Lipinski definition) is 4. The average molecular weight is 378 g/mol. The first-order valence-corrected chi connectivity index (χ1v) is 10.2. The van der Waals surface area contributed by atoms with Crippen molar-refractivity contribution in [2.24, 2.45) is 0 Å². The molecule has 1 aromatic carbocycles. The van der Waals surface area contributed by atoms with Crippen LogP contribution in [0.2, 0.25) is 0 Å². The van der Waals surface area contributed by atoms with Crippen LogP contribution in [0.1, 0.15) is 36.5 Å². The molecule has 0 spiro atoms. The zero-order valence-electron chi connectivity index (χ0n) is 15.5. The molecule has 0 bridgehead atoms. The van der Waals surface area contributed by atoms with Crippen LogP contribution >= 0.6 is 0 Å². The van der Waals surface area contributed by atoms with E-state index in [4.69, 9.17) is 0 Å². The zero-order chi connectivity index (χ0) is 19.2. The van der Waals surface area contributed by atoms with Crippen LogP contribution in [0.4, 0.5) is 0 Å². The van der Waals surface area contributed by atoms with Crippen LogP contribution in [0, 0.1) is 6.92 Å². The average Bonchev–Trinajstić information content (AvgIpc) is 3.04. The van der Waals surface area contributed by atoms with Gasteiger partial charge in [-0.15, -0.1) is 0 Å². The van der Waals surface area contributed by atoms with Gasteiger partial charge in [-0.05, 0) is 37.6 Å². The molecule has 0 unspecified atom stereocenters. The van der Waals surface area contributed by atoms with Crippen LogP contribution in [0.3, 0.4) is 0 Å². The number of hydrogen-bond donors (Lipinski definition) is 1. The molecule has 0 aliphatic carbocycles. The van der Waals surface area contributed by atoms with E-state index in [1.807, 2.05) is 17.7 Å². The summed E-state index contributed by atoms with van der Waals surface area (Å²) >= 11 is 0. The molecule has 7 nitrogen and oxygen atoms in total. The number of imidazole rings is 1. The van der Waals surface area contributed by atoms with Crippen LogP contribution in [0.25, 0.3) is 0 Å². The van der Waals surface area contributed by atoms with Gasteiger partial charge >= 0.3 is 0 Å². The van der Waals surface area contributed by atoms with Gasteiger partial charge in [-0.2, -0.15) is 4.31 Å². The maximum absolute atomic E-state index is 12.4. The summed E-state index contributed by atoms with van der Waals surface area (Å²) in [5, 5.41) is 2.85. The Balaban J connectivity index is 1.91. The van der Waals surface area contributed by atoms with Gasteiger partial charge in [0.05, 0.1) is 4.90 Å². The summed E-state index contributed by atoms with van der Waals surface area (Å²) in [7, 11) is -3.50. The summed E-state index contributed by atoms with van der Waals surface area (Å²) in [5.74, 6) is 0.737. The van der Waals surface area contributed by atoms with Crippen molar-refractivity contribution in [1.29, 1.82) is 0 Å². The predicted molar refractivity (Wildman–Crippen MR) is 100 cm³/mol. The smallest absolute Gasteiger partial charge is 0.251 e. The lowest BCUT2D eigenvalue weighted by molar-refractivity contribution is 0.0952. The Kier molecular flexibility index (Phi) is 6.93. The summed E-state index contributed by atoms with van der Waals surface area (Å²) in [4.78, 5) is 16.5. The van der Waals surface area contributed by atoms with Crippen LogP contribution in [-0.4, -0.2) is 47.8 Å².